The number of morpholine rings is 1. The Hall–Kier alpha value is -2.14. The third-order valence-corrected chi connectivity index (χ3v) is 3.33. The molecule has 112 valence electrons. The van der Waals surface area contributed by atoms with Crippen LogP contribution in [0.1, 0.15) is 5.56 Å². The molecule has 0 aliphatic carbocycles. The number of amides is 2. The van der Waals surface area contributed by atoms with Crippen molar-refractivity contribution in [1.82, 2.24) is 9.80 Å². The van der Waals surface area contributed by atoms with Gasteiger partial charge in [0.25, 0.3) is 0 Å². The molecule has 0 aromatic heterocycles. The summed E-state index contributed by atoms with van der Waals surface area (Å²) in [4.78, 5) is 27.7. The number of carbonyl (C=O) groups excluding carboxylic acids is 2. The quantitative estimate of drug-likeness (QED) is 0.615. The van der Waals surface area contributed by atoms with Gasteiger partial charge in [-0.2, -0.15) is 0 Å². The van der Waals surface area contributed by atoms with E-state index >= 15 is 0 Å². The van der Waals surface area contributed by atoms with Crippen molar-refractivity contribution in [1.29, 1.82) is 0 Å². The number of benzene rings is 1. The van der Waals surface area contributed by atoms with Crippen LogP contribution >= 0.6 is 0 Å². The lowest BCUT2D eigenvalue weighted by atomic mass is 10.2. The van der Waals surface area contributed by atoms with Gasteiger partial charge in [0, 0.05) is 26.2 Å². The monoisotopic (exact) mass is 288 g/mol. The Balaban J connectivity index is 2.04. The third-order valence-electron chi connectivity index (χ3n) is 3.33. The minimum absolute atomic E-state index is 0.351. The number of rotatable bonds is 4. The lowest BCUT2D eigenvalue weighted by molar-refractivity contribution is -0.154. The van der Waals surface area contributed by atoms with Gasteiger partial charge >= 0.3 is 11.8 Å². The van der Waals surface area contributed by atoms with E-state index in [1.54, 1.807) is 11.0 Å². The first-order chi connectivity index (χ1) is 10.2. The largest absolute Gasteiger partial charge is 0.378 e. The fourth-order valence-corrected chi connectivity index (χ4v) is 2.22. The average Bonchev–Trinajstić information content (AvgIpc) is 2.55. The topological polar surface area (TPSA) is 49.9 Å². The van der Waals surface area contributed by atoms with E-state index in [1.807, 2.05) is 30.3 Å². The van der Waals surface area contributed by atoms with Crippen molar-refractivity contribution in [2.75, 3.05) is 32.8 Å². The highest BCUT2D eigenvalue weighted by Crippen LogP contribution is 2.07. The summed E-state index contributed by atoms with van der Waals surface area (Å²) in [5.74, 6) is -0.947. The van der Waals surface area contributed by atoms with Crippen molar-refractivity contribution in [2.24, 2.45) is 0 Å². The maximum Gasteiger partial charge on any atom is 0.312 e. The van der Waals surface area contributed by atoms with Crippen LogP contribution in [-0.2, 0) is 20.9 Å². The fraction of sp³-hybridized carbons (Fsp3) is 0.375. The fourth-order valence-electron chi connectivity index (χ4n) is 2.22. The molecule has 0 N–H and O–H groups in total. The molecule has 2 amide bonds. The van der Waals surface area contributed by atoms with Gasteiger partial charge < -0.3 is 14.5 Å². The molecule has 0 unspecified atom stereocenters. The van der Waals surface area contributed by atoms with E-state index in [4.69, 9.17) is 4.74 Å². The SMILES string of the molecule is C=CCN(Cc1ccccc1)C(=O)C(=O)N1CCOCC1. The van der Waals surface area contributed by atoms with Crippen LogP contribution in [0.2, 0.25) is 0 Å². The Morgan fingerprint density at radius 2 is 1.90 bits per heavy atom. The van der Waals surface area contributed by atoms with Crippen molar-refractivity contribution >= 4 is 11.8 Å². The Bertz CT molecular complexity index is 496. The molecule has 1 saturated heterocycles. The zero-order valence-corrected chi connectivity index (χ0v) is 12.0. The predicted molar refractivity (Wildman–Crippen MR) is 79.5 cm³/mol. The zero-order chi connectivity index (χ0) is 15.1. The van der Waals surface area contributed by atoms with E-state index in [1.165, 1.54) is 4.90 Å². The highest BCUT2D eigenvalue weighted by Gasteiger charge is 2.27. The van der Waals surface area contributed by atoms with E-state index in [9.17, 15) is 9.59 Å². The summed E-state index contributed by atoms with van der Waals surface area (Å²) in [6, 6.07) is 9.61. The minimum atomic E-state index is -0.486. The number of hydrogen-bond acceptors (Lipinski definition) is 3. The van der Waals surface area contributed by atoms with Crippen LogP contribution in [0.3, 0.4) is 0 Å². The molecule has 1 fully saturated rings. The van der Waals surface area contributed by atoms with Crippen molar-refractivity contribution in [3.8, 4) is 0 Å². The molecule has 2 rings (SSSR count). The molecule has 1 aliphatic rings. The molecule has 1 aromatic carbocycles. The van der Waals surface area contributed by atoms with Crippen LogP contribution < -0.4 is 0 Å². The van der Waals surface area contributed by atoms with E-state index in [0.717, 1.165) is 5.56 Å². The van der Waals surface area contributed by atoms with Gasteiger partial charge in [0.05, 0.1) is 13.2 Å². The van der Waals surface area contributed by atoms with Crippen LogP contribution in [0.5, 0.6) is 0 Å². The molecule has 5 nitrogen and oxygen atoms in total. The smallest absolute Gasteiger partial charge is 0.312 e. The van der Waals surface area contributed by atoms with Crippen LogP contribution in [0.25, 0.3) is 0 Å². The Morgan fingerprint density at radius 3 is 2.52 bits per heavy atom. The summed E-state index contributed by atoms with van der Waals surface area (Å²) in [7, 11) is 0. The molecule has 1 heterocycles. The molecule has 1 aromatic rings. The summed E-state index contributed by atoms with van der Waals surface area (Å²) in [6.45, 7) is 6.32. The molecule has 1 aliphatic heterocycles. The number of hydrogen-bond donors (Lipinski definition) is 0. The second-order valence-corrected chi connectivity index (χ2v) is 4.86. The second-order valence-electron chi connectivity index (χ2n) is 4.86. The highest BCUT2D eigenvalue weighted by atomic mass is 16.5. The Morgan fingerprint density at radius 1 is 1.24 bits per heavy atom. The van der Waals surface area contributed by atoms with E-state index in [0.29, 0.717) is 39.4 Å². The normalized spacial score (nSPS) is 14.6. The summed E-state index contributed by atoms with van der Waals surface area (Å²) in [5, 5.41) is 0. The first-order valence-corrected chi connectivity index (χ1v) is 7.03. The van der Waals surface area contributed by atoms with Crippen LogP contribution in [0.4, 0.5) is 0 Å². The zero-order valence-electron chi connectivity index (χ0n) is 12.0. The molecule has 0 saturated carbocycles. The lowest BCUT2D eigenvalue weighted by Gasteiger charge is -2.29. The molecular weight excluding hydrogens is 268 g/mol. The van der Waals surface area contributed by atoms with Gasteiger partial charge in [-0.15, -0.1) is 6.58 Å². The Labute approximate surface area is 124 Å². The predicted octanol–water partition coefficient (Wildman–Crippen LogP) is 1.06. The summed E-state index contributed by atoms with van der Waals surface area (Å²) in [5.41, 5.74) is 0.988. The van der Waals surface area contributed by atoms with Gasteiger partial charge in [0.15, 0.2) is 0 Å². The summed E-state index contributed by atoms with van der Waals surface area (Å²) in [6.07, 6.45) is 1.63. The van der Waals surface area contributed by atoms with Gasteiger partial charge in [0.1, 0.15) is 0 Å². The lowest BCUT2D eigenvalue weighted by Crippen LogP contribution is -2.49. The van der Waals surface area contributed by atoms with E-state index in [2.05, 4.69) is 6.58 Å². The van der Waals surface area contributed by atoms with Gasteiger partial charge in [-0.3, -0.25) is 9.59 Å². The molecule has 21 heavy (non-hydrogen) atoms. The molecular formula is C16H20N2O3. The van der Waals surface area contributed by atoms with Crippen molar-refractivity contribution in [3.05, 3.63) is 48.6 Å². The third kappa shape index (κ3) is 4.16. The summed E-state index contributed by atoms with van der Waals surface area (Å²) < 4.78 is 5.20. The molecule has 5 heteroatoms. The number of ether oxygens (including phenoxy) is 1. The highest BCUT2D eigenvalue weighted by molar-refractivity contribution is 6.34. The Kier molecular flexibility index (Phi) is 5.51. The molecule has 0 atom stereocenters. The van der Waals surface area contributed by atoms with Crippen molar-refractivity contribution < 1.29 is 14.3 Å². The minimum Gasteiger partial charge on any atom is -0.378 e. The van der Waals surface area contributed by atoms with Gasteiger partial charge in [0.2, 0.25) is 0 Å². The van der Waals surface area contributed by atoms with Gasteiger partial charge in [-0.25, -0.2) is 0 Å². The van der Waals surface area contributed by atoms with E-state index < -0.39 is 11.8 Å². The first-order valence-electron chi connectivity index (χ1n) is 7.03. The number of nitrogens with zero attached hydrogens (tertiary/aromatic N) is 2. The summed E-state index contributed by atoms with van der Waals surface area (Å²) >= 11 is 0. The molecule has 0 bridgehead atoms. The van der Waals surface area contributed by atoms with Crippen LogP contribution in [0, 0.1) is 0 Å². The standard InChI is InChI=1S/C16H20N2O3/c1-2-8-18(13-14-6-4-3-5-7-14)16(20)15(19)17-9-11-21-12-10-17/h2-7H,1,8-13H2. The molecule has 0 spiro atoms. The first kappa shape index (κ1) is 15.3. The molecule has 0 radical (unpaired) electrons. The van der Waals surface area contributed by atoms with Crippen molar-refractivity contribution in [2.45, 2.75) is 6.54 Å². The maximum absolute atomic E-state index is 12.4. The average molecular weight is 288 g/mol. The second kappa shape index (κ2) is 7.59. The number of carbonyl (C=O) groups is 2. The van der Waals surface area contributed by atoms with Crippen molar-refractivity contribution in [3.63, 3.8) is 0 Å². The van der Waals surface area contributed by atoms with Gasteiger partial charge in [-0.05, 0) is 5.56 Å². The van der Waals surface area contributed by atoms with Gasteiger partial charge in [-0.1, -0.05) is 36.4 Å². The van der Waals surface area contributed by atoms with E-state index in [-0.39, 0.29) is 0 Å². The van der Waals surface area contributed by atoms with Crippen LogP contribution in [-0.4, -0.2) is 54.5 Å². The maximum atomic E-state index is 12.4. The van der Waals surface area contributed by atoms with Crippen LogP contribution in [0.15, 0.2) is 43.0 Å².